The molecule has 0 radical (unpaired) electrons. The number of nitrogens with zero attached hydrogens (tertiary/aromatic N) is 2. The Morgan fingerprint density at radius 1 is 1.03 bits per heavy atom. The van der Waals surface area contributed by atoms with Crippen molar-refractivity contribution in [3.63, 3.8) is 0 Å². The predicted molar refractivity (Wildman–Crippen MR) is 148 cm³/mol. The quantitative estimate of drug-likeness (QED) is 0.266. The number of halogens is 1. The normalized spacial score (nSPS) is 16.5. The maximum Gasteiger partial charge on any atom is 0.222 e. The zero-order valence-corrected chi connectivity index (χ0v) is 22.6. The van der Waals surface area contributed by atoms with E-state index in [-0.39, 0.29) is 29.9 Å². The Hall–Kier alpha value is -2.29. The molecule has 34 heavy (non-hydrogen) atoms. The van der Waals surface area contributed by atoms with E-state index < -0.39 is 0 Å². The molecule has 0 aromatic heterocycles. The van der Waals surface area contributed by atoms with E-state index in [1.807, 2.05) is 4.90 Å². The molecule has 1 aliphatic heterocycles. The second-order valence-corrected chi connectivity index (χ2v) is 9.15. The first kappa shape index (κ1) is 26.3. The van der Waals surface area contributed by atoms with E-state index >= 15 is 0 Å². The average molecular weight is 577 g/mol. The van der Waals surface area contributed by atoms with Crippen molar-refractivity contribution in [1.82, 2.24) is 15.5 Å². The number of ether oxygens (including phenoxy) is 1. The molecule has 2 aliphatic rings. The van der Waals surface area contributed by atoms with Gasteiger partial charge in [0.25, 0.3) is 0 Å². The summed E-state index contributed by atoms with van der Waals surface area (Å²) in [6.07, 6.45) is 6.83. The highest BCUT2D eigenvalue weighted by Gasteiger charge is 2.20. The van der Waals surface area contributed by atoms with Gasteiger partial charge in [0.1, 0.15) is 5.75 Å². The lowest BCUT2D eigenvalue weighted by Crippen LogP contribution is -2.36. The summed E-state index contributed by atoms with van der Waals surface area (Å²) < 4.78 is 6.32. The van der Waals surface area contributed by atoms with Crippen LogP contribution in [0.4, 0.5) is 0 Å². The van der Waals surface area contributed by atoms with E-state index in [4.69, 9.17) is 4.74 Å². The highest BCUT2D eigenvalue weighted by molar-refractivity contribution is 14.0. The summed E-state index contributed by atoms with van der Waals surface area (Å²) in [5.41, 5.74) is 4.71. The van der Waals surface area contributed by atoms with Crippen LogP contribution in [0.2, 0.25) is 0 Å². The third kappa shape index (κ3) is 7.35. The molecule has 0 spiro atoms. The summed E-state index contributed by atoms with van der Waals surface area (Å²) in [7, 11) is 1.79. The van der Waals surface area contributed by atoms with Gasteiger partial charge < -0.3 is 20.3 Å². The van der Waals surface area contributed by atoms with Gasteiger partial charge in [-0.25, -0.2) is 0 Å². The fraction of sp³-hybridized carbons (Fsp3) is 0.481. The number of aryl methyl sites for hydroxylation is 1. The van der Waals surface area contributed by atoms with Gasteiger partial charge in [-0.2, -0.15) is 0 Å². The molecule has 1 saturated heterocycles. The van der Waals surface area contributed by atoms with Crippen LogP contribution in [0.5, 0.6) is 5.75 Å². The Morgan fingerprint density at radius 3 is 2.41 bits per heavy atom. The number of nitrogens with one attached hydrogen (secondary N) is 2. The topological polar surface area (TPSA) is 66.0 Å². The molecule has 0 atom stereocenters. The molecule has 2 aromatic rings. The number of benzene rings is 2. The lowest BCUT2D eigenvalue weighted by atomic mass is 10.1. The lowest BCUT2D eigenvalue weighted by Gasteiger charge is -2.19. The Balaban J connectivity index is 0.00000324. The first-order chi connectivity index (χ1) is 16.1. The molecule has 4 rings (SSSR count). The number of rotatable bonds is 8. The molecule has 6 nitrogen and oxygen atoms in total. The van der Waals surface area contributed by atoms with E-state index in [2.05, 4.69) is 65.0 Å². The van der Waals surface area contributed by atoms with Crippen molar-refractivity contribution < 1.29 is 9.53 Å². The van der Waals surface area contributed by atoms with Crippen LogP contribution in [-0.2, 0) is 24.4 Å². The zero-order chi connectivity index (χ0) is 23.0. The molecular formula is C27H37IN4O2. The van der Waals surface area contributed by atoms with Gasteiger partial charge in [0, 0.05) is 45.2 Å². The molecule has 2 fully saturated rings. The number of hydrogen-bond donors (Lipinski definition) is 2. The van der Waals surface area contributed by atoms with E-state index in [0.29, 0.717) is 32.2 Å². The second-order valence-electron chi connectivity index (χ2n) is 9.15. The number of carbonyl (C=O) groups is 1. The lowest BCUT2D eigenvalue weighted by molar-refractivity contribution is -0.128. The molecule has 1 heterocycles. The fourth-order valence-corrected chi connectivity index (χ4v) is 4.54. The Kier molecular flexibility index (Phi) is 10.0. The van der Waals surface area contributed by atoms with Crippen LogP contribution in [0.15, 0.2) is 47.5 Å². The van der Waals surface area contributed by atoms with E-state index in [1.165, 1.54) is 29.5 Å². The van der Waals surface area contributed by atoms with Crippen LogP contribution >= 0.6 is 24.0 Å². The van der Waals surface area contributed by atoms with Crippen LogP contribution in [0, 0.1) is 6.92 Å². The molecule has 1 amide bonds. The van der Waals surface area contributed by atoms with Crippen molar-refractivity contribution in [1.29, 1.82) is 0 Å². The summed E-state index contributed by atoms with van der Waals surface area (Å²) in [6, 6.07) is 14.9. The molecule has 2 N–H and O–H groups in total. The molecule has 1 saturated carbocycles. The summed E-state index contributed by atoms with van der Waals surface area (Å²) in [6.45, 7) is 5.02. The summed E-state index contributed by atoms with van der Waals surface area (Å²) in [5.74, 6) is 2.01. The van der Waals surface area contributed by atoms with Gasteiger partial charge >= 0.3 is 0 Å². The summed E-state index contributed by atoms with van der Waals surface area (Å²) in [4.78, 5) is 18.1. The highest BCUT2D eigenvalue weighted by Crippen LogP contribution is 2.27. The number of aliphatic imine (C=N–C) groups is 1. The number of hydrogen-bond acceptors (Lipinski definition) is 3. The van der Waals surface area contributed by atoms with Crippen molar-refractivity contribution >= 4 is 35.8 Å². The monoisotopic (exact) mass is 576 g/mol. The molecule has 7 heteroatoms. The van der Waals surface area contributed by atoms with Crippen molar-refractivity contribution in [3.8, 4) is 5.75 Å². The highest BCUT2D eigenvalue weighted by atomic mass is 127. The van der Waals surface area contributed by atoms with Gasteiger partial charge in [-0.1, -0.05) is 36.4 Å². The number of guanidine groups is 1. The SMILES string of the molecule is CN=C(NCc1ccc(CN2CCCC2=O)cc1)NCc1ccc(C)cc1OC1CCCC1.I. The molecule has 0 unspecified atom stereocenters. The van der Waals surface area contributed by atoms with Crippen LogP contribution in [0.25, 0.3) is 0 Å². The van der Waals surface area contributed by atoms with Gasteiger partial charge in [0.2, 0.25) is 5.91 Å². The van der Waals surface area contributed by atoms with Crippen molar-refractivity contribution in [2.24, 2.45) is 4.99 Å². The summed E-state index contributed by atoms with van der Waals surface area (Å²) >= 11 is 0. The van der Waals surface area contributed by atoms with Crippen LogP contribution in [0.1, 0.15) is 60.8 Å². The molecule has 2 aromatic carbocycles. The Bertz CT molecular complexity index is 971. The molecular weight excluding hydrogens is 539 g/mol. The van der Waals surface area contributed by atoms with Gasteiger partial charge in [-0.05, 0) is 61.8 Å². The van der Waals surface area contributed by atoms with Crippen molar-refractivity contribution in [2.45, 2.75) is 71.2 Å². The van der Waals surface area contributed by atoms with Gasteiger partial charge in [-0.3, -0.25) is 9.79 Å². The minimum Gasteiger partial charge on any atom is -0.490 e. The van der Waals surface area contributed by atoms with Crippen molar-refractivity contribution in [2.75, 3.05) is 13.6 Å². The predicted octanol–water partition coefficient (Wildman–Crippen LogP) is 4.92. The van der Waals surface area contributed by atoms with Gasteiger partial charge in [-0.15, -0.1) is 24.0 Å². The first-order valence-electron chi connectivity index (χ1n) is 12.2. The largest absolute Gasteiger partial charge is 0.490 e. The minimum atomic E-state index is 0. The number of carbonyl (C=O) groups excluding carboxylic acids is 1. The zero-order valence-electron chi connectivity index (χ0n) is 20.3. The third-order valence-electron chi connectivity index (χ3n) is 6.52. The van der Waals surface area contributed by atoms with Crippen LogP contribution in [0.3, 0.4) is 0 Å². The second kappa shape index (κ2) is 13.0. The third-order valence-corrected chi connectivity index (χ3v) is 6.52. The van der Waals surface area contributed by atoms with E-state index in [9.17, 15) is 4.79 Å². The van der Waals surface area contributed by atoms with Crippen LogP contribution in [-0.4, -0.2) is 36.5 Å². The average Bonchev–Trinajstić information content (AvgIpc) is 3.48. The Labute approximate surface area is 220 Å². The molecule has 1 aliphatic carbocycles. The van der Waals surface area contributed by atoms with E-state index in [0.717, 1.165) is 43.1 Å². The van der Waals surface area contributed by atoms with Gasteiger partial charge in [0.15, 0.2) is 5.96 Å². The smallest absolute Gasteiger partial charge is 0.222 e. The van der Waals surface area contributed by atoms with Gasteiger partial charge in [0.05, 0.1) is 6.10 Å². The summed E-state index contributed by atoms with van der Waals surface area (Å²) in [5, 5.41) is 6.81. The minimum absolute atomic E-state index is 0. The number of amides is 1. The number of likely N-dealkylation sites (tertiary alicyclic amines) is 1. The molecule has 0 bridgehead atoms. The van der Waals surface area contributed by atoms with Crippen LogP contribution < -0.4 is 15.4 Å². The fourth-order valence-electron chi connectivity index (χ4n) is 4.54. The first-order valence-corrected chi connectivity index (χ1v) is 12.2. The van der Waals surface area contributed by atoms with E-state index in [1.54, 1.807) is 7.05 Å². The maximum absolute atomic E-state index is 11.8. The maximum atomic E-state index is 11.8. The Morgan fingerprint density at radius 2 is 1.74 bits per heavy atom. The van der Waals surface area contributed by atoms with Crippen molar-refractivity contribution in [3.05, 3.63) is 64.7 Å². The standard InChI is InChI=1S/C27H36N4O2.HI/c1-20-9-14-23(25(16-20)33-24-6-3-4-7-24)18-30-27(28-2)29-17-21-10-12-22(13-11-21)19-31-15-5-8-26(31)32;/h9-14,16,24H,3-8,15,17-19H2,1-2H3,(H2,28,29,30);1H. The molecule has 184 valence electrons.